The summed E-state index contributed by atoms with van der Waals surface area (Å²) in [5.41, 5.74) is 3.48. The molecule has 0 bridgehead atoms. The first-order valence-corrected chi connectivity index (χ1v) is 7.68. The molecule has 3 rings (SSSR count). The van der Waals surface area contributed by atoms with Crippen LogP contribution in [0, 0.1) is 0 Å². The van der Waals surface area contributed by atoms with Gasteiger partial charge in [-0.1, -0.05) is 41.9 Å². The molecule has 110 valence electrons. The average Bonchev–Trinajstić information content (AvgIpc) is 2.54. The van der Waals surface area contributed by atoms with Crippen molar-refractivity contribution in [2.75, 3.05) is 7.11 Å². The number of hydrogen-bond acceptors (Lipinski definition) is 2. The van der Waals surface area contributed by atoms with E-state index in [9.17, 15) is 5.11 Å². The van der Waals surface area contributed by atoms with Crippen LogP contribution >= 0.6 is 11.6 Å². The Morgan fingerprint density at radius 2 is 2.05 bits per heavy atom. The summed E-state index contributed by atoms with van der Waals surface area (Å²) in [5.74, 6) is 0.748. The molecule has 1 aliphatic carbocycles. The Labute approximate surface area is 130 Å². The second kappa shape index (κ2) is 6.08. The molecule has 0 amide bonds. The zero-order valence-electron chi connectivity index (χ0n) is 12.1. The number of methoxy groups -OCH3 is 1. The van der Waals surface area contributed by atoms with E-state index in [1.807, 2.05) is 18.2 Å². The van der Waals surface area contributed by atoms with Crippen LogP contribution in [-0.2, 0) is 6.42 Å². The van der Waals surface area contributed by atoms with Crippen LogP contribution in [0.3, 0.4) is 0 Å². The van der Waals surface area contributed by atoms with Gasteiger partial charge in [-0.25, -0.2) is 0 Å². The first-order chi connectivity index (χ1) is 10.2. The fraction of sp³-hybridized carbons (Fsp3) is 0.333. The lowest BCUT2D eigenvalue weighted by molar-refractivity contribution is 0.135. The standard InChI is InChI=1S/C18H19ClO2/c1-21-17-11-13(9-10-16(17)19)18(20)15-8-4-6-12-5-2-3-7-14(12)15/h2-3,5,7,9-11,15,18,20H,4,6,8H2,1H3. The highest BCUT2D eigenvalue weighted by molar-refractivity contribution is 6.32. The topological polar surface area (TPSA) is 29.5 Å². The van der Waals surface area contributed by atoms with Gasteiger partial charge in [-0.05, 0) is 48.1 Å². The normalized spacial score (nSPS) is 18.9. The van der Waals surface area contributed by atoms with E-state index in [2.05, 4.69) is 18.2 Å². The number of fused-ring (bicyclic) bond motifs is 1. The zero-order valence-corrected chi connectivity index (χ0v) is 12.8. The van der Waals surface area contributed by atoms with Crippen LogP contribution in [0.15, 0.2) is 42.5 Å². The van der Waals surface area contributed by atoms with Crippen LogP contribution in [0.1, 0.15) is 41.6 Å². The van der Waals surface area contributed by atoms with E-state index < -0.39 is 6.10 Å². The molecule has 2 unspecified atom stereocenters. The van der Waals surface area contributed by atoms with Crippen LogP contribution in [-0.4, -0.2) is 12.2 Å². The molecule has 0 aromatic heterocycles. The molecule has 0 radical (unpaired) electrons. The molecule has 1 aliphatic rings. The van der Waals surface area contributed by atoms with E-state index in [1.54, 1.807) is 13.2 Å². The van der Waals surface area contributed by atoms with Crippen LogP contribution in [0.2, 0.25) is 5.02 Å². The summed E-state index contributed by atoms with van der Waals surface area (Å²) in [6.07, 6.45) is 2.69. The van der Waals surface area contributed by atoms with Crippen molar-refractivity contribution in [1.82, 2.24) is 0 Å². The van der Waals surface area contributed by atoms with E-state index in [-0.39, 0.29) is 5.92 Å². The molecule has 2 atom stereocenters. The van der Waals surface area contributed by atoms with Crippen LogP contribution in [0.25, 0.3) is 0 Å². The van der Waals surface area contributed by atoms with Gasteiger partial charge in [0.25, 0.3) is 0 Å². The highest BCUT2D eigenvalue weighted by atomic mass is 35.5. The number of halogens is 1. The molecule has 2 nitrogen and oxygen atoms in total. The van der Waals surface area contributed by atoms with Gasteiger partial charge in [0.1, 0.15) is 5.75 Å². The summed E-state index contributed by atoms with van der Waals surface area (Å²) in [4.78, 5) is 0. The van der Waals surface area contributed by atoms with Crippen molar-refractivity contribution in [2.45, 2.75) is 31.3 Å². The second-order valence-corrected chi connectivity index (χ2v) is 5.94. The Morgan fingerprint density at radius 1 is 1.24 bits per heavy atom. The lowest BCUT2D eigenvalue weighted by atomic mass is 9.78. The third-order valence-electron chi connectivity index (χ3n) is 4.31. The third kappa shape index (κ3) is 2.78. The van der Waals surface area contributed by atoms with E-state index in [1.165, 1.54) is 11.1 Å². The average molecular weight is 303 g/mol. The van der Waals surface area contributed by atoms with Crippen LogP contribution in [0.5, 0.6) is 5.75 Å². The van der Waals surface area contributed by atoms with E-state index in [0.717, 1.165) is 24.8 Å². The summed E-state index contributed by atoms with van der Waals surface area (Å²) in [6.45, 7) is 0. The highest BCUT2D eigenvalue weighted by Gasteiger charge is 2.27. The lowest BCUT2D eigenvalue weighted by Gasteiger charge is -2.30. The van der Waals surface area contributed by atoms with Gasteiger partial charge in [-0.2, -0.15) is 0 Å². The predicted octanol–water partition coefficient (Wildman–Crippen LogP) is 4.50. The first kappa shape index (κ1) is 14.4. The minimum Gasteiger partial charge on any atom is -0.495 e. The maximum absolute atomic E-state index is 10.8. The number of aliphatic hydroxyl groups excluding tert-OH is 1. The van der Waals surface area contributed by atoms with Gasteiger partial charge in [0.15, 0.2) is 0 Å². The third-order valence-corrected chi connectivity index (χ3v) is 4.63. The van der Waals surface area contributed by atoms with Crippen molar-refractivity contribution >= 4 is 11.6 Å². The second-order valence-electron chi connectivity index (χ2n) is 5.54. The molecule has 2 aromatic carbocycles. The van der Waals surface area contributed by atoms with E-state index in [0.29, 0.717) is 10.8 Å². The SMILES string of the molecule is COc1cc(C(O)C2CCCc3ccccc32)ccc1Cl. The Kier molecular flexibility index (Phi) is 4.18. The molecule has 3 heteroatoms. The molecule has 1 N–H and O–H groups in total. The van der Waals surface area contributed by atoms with Crippen molar-refractivity contribution < 1.29 is 9.84 Å². The van der Waals surface area contributed by atoms with Crippen molar-refractivity contribution in [1.29, 1.82) is 0 Å². The largest absolute Gasteiger partial charge is 0.495 e. The number of hydrogen-bond donors (Lipinski definition) is 1. The number of rotatable bonds is 3. The fourth-order valence-corrected chi connectivity index (χ4v) is 3.41. The van der Waals surface area contributed by atoms with Gasteiger partial charge in [0, 0.05) is 5.92 Å². The van der Waals surface area contributed by atoms with Gasteiger partial charge >= 0.3 is 0 Å². The number of aliphatic hydroxyl groups is 1. The summed E-state index contributed by atoms with van der Waals surface area (Å²) in [7, 11) is 1.59. The Hall–Kier alpha value is -1.51. The smallest absolute Gasteiger partial charge is 0.137 e. The molecule has 0 heterocycles. The fourth-order valence-electron chi connectivity index (χ4n) is 3.21. The highest BCUT2D eigenvalue weighted by Crippen LogP contribution is 2.41. The molecule has 21 heavy (non-hydrogen) atoms. The summed E-state index contributed by atoms with van der Waals surface area (Å²) < 4.78 is 5.25. The monoisotopic (exact) mass is 302 g/mol. The molecular weight excluding hydrogens is 284 g/mol. The number of benzene rings is 2. The molecule has 0 saturated heterocycles. The van der Waals surface area contributed by atoms with Crippen molar-refractivity contribution in [3.05, 3.63) is 64.2 Å². The lowest BCUT2D eigenvalue weighted by Crippen LogP contribution is -2.17. The first-order valence-electron chi connectivity index (χ1n) is 7.30. The summed E-state index contributed by atoms with van der Waals surface area (Å²) in [5, 5.41) is 11.4. The molecule has 0 aliphatic heterocycles. The van der Waals surface area contributed by atoms with Gasteiger partial charge in [-0.3, -0.25) is 0 Å². The van der Waals surface area contributed by atoms with E-state index >= 15 is 0 Å². The predicted molar refractivity (Wildman–Crippen MR) is 85.1 cm³/mol. The molecule has 2 aromatic rings. The van der Waals surface area contributed by atoms with E-state index in [4.69, 9.17) is 16.3 Å². The number of ether oxygens (including phenoxy) is 1. The molecule has 0 saturated carbocycles. The molecule has 0 spiro atoms. The maximum atomic E-state index is 10.8. The van der Waals surface area contributed by atoms with Crippen molar-refractivity contribution in [3.63, 3.8) is 0 Å². The van der Waals surface area contributed by atoms with Crippen LogP contribution in [0.4, 0.5) is 0 Å². The number of aryl methyl sites for hydroxylation is 1. The Morgan fingerprint density at radius 3 is 2.86 bits per heavy atom. The van der Waals surface area contributed by atoms with Gasteiger partial charge in [0.05, 0.1) is 18.2 Å². The summed E-state index contributed by atoms with van der Waals surface area (Å²) >= 11 is 6.06. The van der Waals surface area contributed by atoms with Gasteiger partial charge < -0.3 is 9.84 Å². The van der Waals surface area contributed by atoms with Gasteiger partial charge in [-0.15, -0.1) is 0 Å². The van der Waals surface area contributed by atoms with Crippen LogP contribution < -0.4 is 4.74 Å². The summed E-state index contributed by atoms with van der Waals surface area (Å²) in [6, 6.07) is 13.9. The molecule has 0 fully saturated rings. The minimum absolute atomic E-state index is 0.140. The van der Waals surface area contributed by atoms with Crippen molar-refractivity contribution in [2.24, 2.45) is 0 Å². The molecular formula is C18H19ClO2. The van der Waals surface area contributed by atoms with Crippen molar-refractivity contribution in [3.8, 4) is 5.75 Å². The Bertz CT molecular complexity index is 639. The minimum atomic E-state index is -0.530. The maximum Gasteiger partial charge on any atom is 0.137 e. The van der Waals surface area contributed by atoms with Gasteiger partial charge in [0.2, 0.25) is 0 Å². The Balaban J connectivity index is 1.94. The zero-order chi connectivity index (χ0) is 14.8. The quantitative estimate of drug-likeness (QED) is 0.904.